The average molecular weight is 351 g/mol. The monoisotopic (exact) mass is 351 g/mol. The highest BCUT2D eigenvalue weighted by molar-refractivity contribution is 7.99. The topological polar surface area (TPSA) is 81.8 Å². The van der Waals surface area contributed by atoms with Crippen LogP contribution in [0.1, 0.15) is 39.8 Å². The number of fused-ring (bicyclic) bond motifs is 1. The maximum absolute atomic E-state index is 12.8. The molecule has 0 saturated carbocycles. The van der Waals surface area contributed by atoms with Gasteiger partial charge < -0.3 is 5.32 Å². The molecular weight excluding hydrogens is 326 g/mol. The van der Waals surface area contributed by atoms with Gasteiger partial charge in [0.25, 0.3) is 5.56 Å². The minimum absolute atomic E-state index is 0.0488. The fraction of sp³-hybridized carbons (Fsp3) is 0.625. The van der Waals surface area contributed by atoms with Crippen LogP contribution in [0.25, 0.3) is 11.0 Å². The lowest BCUT2D eigenvalue weighted by Gasteiger charge is -2.13. The molecule has 0 aromatic carbocycles. The number of nitrogens with zero attached hydrogens (tertiary/aromatic N) is 4. The smallest absolute Gasteiger partial charge is 0.280 e. The molecule has 1 atom stereocenters. The molecule has 0 aliphatic heterocycles. The Bertz CT molecular complexity index is 796. The van der Waals surface area contributed by atoms with E-state index in [2.05, 4.69) is 15.4 Å². The zero-order valence-corrected chi connectivity index (χ0v) is 15.7. The van der Waals surface area contributed by atoms with Crippen molar-refractivity contribution in [2.75, 3.05) is 5.75 Å². The van der Waals surface area contributed by atoms with E-state index in [1.165, 1.54) is 11.8 Å². The maximum atomic E-state index is 12.8. The van der Waals surface area contributed by atoms with E-state index in [9.17, 15) is 9.59 Å². The highest BCUT2D eigenvalue weighted by Crippen LogP contribution is 2.19. The number of thioether (sulfide) groups is 1. The molecule has 0 saturated heterocycles. The van der Waals surface area contributed by atoms with Gasteiger partial charge in [-0.25, -0.2) is 4.98 Å². The molecule has 7 nitrogen and oxygen atoms in total. The number of aryl methyl sites for hydroxylation is 2. The van der Waals surface area contributed by atoms with E-state index in [0.29, 0.717) is 29.3 Å². The first kappa shape index (κ1) is 18.5. The van der Waals surface area contributed by atoms with Crippen LogP contribution in [0.3, 0.4) is 0 Å². The fourth-order valence-corrected chi connectivity index (χ4v) is 3.32. The standard InChI is InChI=1S/C16H25N5O2S/c1-6-10(4)17-12(22)9-24-16-18-13-11(5)19-21(8-3)14(13)15(23)20(16)7-2/h10H,6-9H2,1-5H3,(H,17,22). The van der Waals surface area contributed by atoms with Gasteiger partial charge in [-0.05, 0) is 34.1 Å². The lowest BCUT2D eigenvalue weighted by Crippen LogP contribution is -2.33. The van der Waals surface area contributed by atoms with Crippen molar-refractivity contribution in [3.05, 3.63) is 16.0 Å². The van der Waals surface area contributed by atoms with Crippen LogP contribution in [0.15, 0.2) is 9.95 Å². The van der Waals surface area contributed by atoms with Crippen molar-refractivity contribution in [2.24, 2.45) is 0 Å². The van der Waals surface area contributed by atoms with Gasteiger partial charge in [-0.2, -0.15) is 5.10 Å². The highest BCUT2D eigenvalue weighted by atomic mass is 32.2. The molecule has 0 aliphatic carbocycles. The van der Waals surface area contributed by atoms with Gasteiger partial charge in [0.1, 0.15) is 5.52 Å². The number of hydrogen-bond acceptors (Lipinski definition) is 5. The van der Waals surface area contributed by atoms with Gasteiger partial charge in [0, 0.05) is 19.1 Å². The van der Waals surface area contributed by atoms with Gasteiger partial charge in [0.15, 0.2) is 10.7 Å². The second-order valence-corrected chi connectivity index (χ2v) is 6.65. The Kier molecular flexibility index (Phi) is 6.04. The van der Waals surface area contributed by atoms with Gasteiger partial charge >= 0.3 is 0 Å². The number of carbonyl (C=O) groups excluding carboxylic acids is 1. The quantitative estimate of drug-likeness (QED) is 0.609. The van der Waals surface area contributed by atoms with Crippen LogP contribution in [0, 0.1) is 6.92 Å². The Hall–Kier alpha value is -1.83. The minimum Gasteiger partial charge on any atom is -0.353 e. The fourth-order valence-electron chi connectivity index (χ4n) is 2.45. The molecule has 2 heterocycles. The van der Waals surface area contributed by atoms with Crippen LogP contribution in [-0.4, -0.2) is 37.0 Å². The van der Waals surface area contributed by atoms with E-state index in [-0.39, 0.29) is 23.3 Å². The Balaban J connectivity index is 2.35. The number of amides is 1. The summed E-state index contributed by atoms with van der Waals surface area (Å²) in [6.45, 7) is 10.8. The van der Waals surface area contributed by atoms with Crippen molar-refractivity contribution < 1.29 is 4.79 Å². The lowest BCUT2D eigenvalue weighted by molar-refractivity contribution is -0.119. The molecule has 2 aromatic heterocycles. The predicted molar refractivity (Wildman–Crippen MR) is 96.5 cm³/mol. The summed E-state index contributed by atoms with van der Waals surface area (Å²) in [4.78, 5) is 29.4. The summed E-state index contributed by atoms with van der Waals surface area (Å²) >= 11 is 1.29. The summed E-state index contributed by atoms with van der Waals surface area (Å²) in [5.74, 6) is 0.191. The normalized spacial score (nSPS) is 12.5. The van der Waals surface area contributed by atoms with Crippen molar-refractivity contribution in [2.45, 2.75) is 65.3 Å². The third-order valence-corrected chi connectivity index (χ3v) is 4.93. The Morgan fingerprint density at radius 3 is 2.58 bits per heavy atom. The number of rotatable bonds is 7. The molecule has 2 rings (SSSR count). The average Bonchev–Trinajstić information content (AvgIpc) is 2.89. The molecule has 1 N–H and O–H groups in total. The van der Waals surface area contributed by atoms with E-state index in [4.69, 9.17) is 0 Å². The number of carbonyl (C=O) groups is 1. The molecule has 8 heteroatoms. The minimum atomic E-state index is -0.102. The van der Waals surface area contributed by atoms with Gasteiger partial charge in [0.05, 0.1) is 11.4 Å². The molecule has 0 spiro atoms. The molecule has 24 heavy (non-hydrogen) atoms. The number of hydrogen-bond donors (Lipinski definition) is 1. The van der Waals surface area contributed by atoms with Crippen LogP contribution in [0.4, 0.5) is 0 Å². The predicted octanol–water partition coefficient (Wildman–Crippen LogP) is 1.95. The zero-order valence-electron chi connectivity index (χ0n) is 14.9. The summed E-state index contributed by atoms with van der Waals surface area (Å²) in [6.07, 6.45) is 0.885. The summed E-state index contributed by atoms with van der Waals surface area (Å²) in [7, 11) is 0. The molecule has 0 bridgehead atoms. The lowest BCUT2D eigenvalue weighted by atomic mass is 10.3. The zero-order chi connectivity index (χ0) is 17.9. The van der Waals surface area contributed by atoms with Crippen LogP contribution >= 0.6 is 11.8 Å². The Morgan fingerprint density at radius 1 is 1.29 bits per heavy atom. The van der Waals surface area contributed by atoms with E-state index in [1.807, 2.05) is 34.6 Å². The van der Waals surface area contributed by atoms with Crippen LogP contribution in [0.5, 0.6) is 0 Å². The first-order chi connectivity index (χ1) is 11.4. The molecule has 0 fully saturated rings. The number of nitrogens with one attached hydrogen (secondary N) is 1. The van der Waals surface area contributed by atoms with Crippen molar-refractivity contribution >= 4 is 28.7 Å². The third-order valence-electron chi connectivity index (χ3n) is 3.95. The SMILES string of the molecule is CCC(C)NC(=O)CSc1nc2c(C)nn(CC)c2c(=O)n1CC. The van der Waals surface area contributed by atoms with Crippen molar-refractivity contribution in [3.63, 3.8) is 0 Å². The summed E-state index contributed by atoms with van der Waals surface area (Å²) in [5.41, 5.74) is 1.79. The van der Waals surface area contributed by atoms with Crippen molar-refractivity contribution in [3.8, 4) is 0 Å². The summed E-state index contributed by atoms with van der Waals surface area (Å²) < 4.78 is 3.30. The third kappa shape index (κ3) is 3.63. The second kappa shape index (κ2) is 7.83. The van der Waals surface area contributed by atoms with Crippen molar-refractivity contribution in [1.82, 2.24) is 24.6 Å². The molecule has 1 unspecified atom stereocenters. The highest BCUT2D eigenvalue weighted by Gasteiger charge is 2.18. The molecular formula is C16H25N5O2S. The summed E-state index contributed by atoms with van der Waals surface area (Å²) in [6, 6.07) is 0.145. The summed E-state index contributed by atoms with van der Waals surface area (Å²) in [5, 5.41) is 7.87. The molecule has 2 aromatic rings. The largest absolute Gasteiger partial charge is 0.353 e. The van der Waals surface area contributed by atoms with Gasteiger partial charge in [-0.3, -0.25) is 18.8 Å². The Morgan fingerprint density at radius 2 is 2.00 bits per heavy atom. The van der Waals surface area contributed by atoms with Crippen LogP contribution < -0.4 is 10.9 Å². The van der Waals surface area contributed by atoms with Crippen molar-refractivity contribution in [1.29, 1.82) is 0 Å². The molecule has 1 amide bonds. The van der Waals surface area contributed by atoms with Crippen LogP contribution in [0.2, 0.25) is 0 Å². The first-order valence-electron chi connectivity index (χ1n) is 8.32. The van der Waals surface area contributed by atoms with E-state index in [0.717, 1.165) is 12.1 Å². The molecule has 0 aliphatic rings. The molecule has 0 radical (unpaired) electrons. The van der Waals surface area contributed by atoms with E-state index >= 15 is 0 Å². The Labute approximate surface area is 145 Å². The van der Waals surface area contributed by atoms with E-state index in [1.54, 1.807) is 9.25 Å². The van der Waals surface area contributed by atoms with Gasteiger partial charge in [-0.15, -0.1) is 0 Å². The van der Waals surface area contributed by atoms with Gasteiger partial charge in [0.2, 0.25) is 5.91 Å². The van der Waals surface area contributed by atoms with Crippen LogP contribution in [-0.2, 0) is 17.9 Å². The maximum Gasteiger partial charge on any atom is 0.280 e. The molecule has 132 valence electrons. The number of aromatic nitrogens is 4. The van der Waals surface area contributed by atoms with E-state index < -0.39 is 0 Å². The second-order valence-electron chi connectivity index (χ2n) is 5.71. The van der Waals surface area contributed by atoms with Gasteiger partial charge in [-0.1, -0.05) is 18.7 Å². The first-order valence-corrected chi connectivity index (χ1v) is 9.31.